The molecule has 0 radical (unpaired) electrons. The van der Waals surface area contributed by atoms with Gasteiger partial charge in [-0.15, -0.1) is 10.2 Å². The second-order valence-corrected chi connectivity index (χ2v) is 7.98. The van der Waals surface area contributed by atoms with E-state index in [4.69, 9.17) is 0 Å². The molecule has 0 fully saturated rings. The topological polar surface area (TPSA) is 111 Å². The van der Waals surface area contributed by atoms with Crippen LogP contribution in [-0.4, -0.2) is 35.6 Å². The molecule has 1 atom stereocenters. The number of rotatable bonds is 8. The van der Waals surface area contributed by atoms with Gasteiger partial charge in [0.05, 0.1) is 18.3 Å². The number of nitrogens with one attached hydrogen (secondary N) is 2. The van der Waals surface area contributed by atoms with Crippen molar-refractivity contribution in [1.82, 2.24) is 35.0 Å². The van der Waals surface area contributed by atoms with Gasteiger partial charge in [-0.2, -0.15) is 0 Å². The van der Waals surface area contributed by atoms with Crippen molar-refractivity contribution in [3.8, 4) is 11.5 Å². The molecule has 4 rings (SSSR count). The molecule has 0 aliphatic rings. The number of nitrogens with zero attached hydrogens (tertiary/aromatic N) is 6. The van der Waals surface area contributed by atoms with Gasteiger partial charge in [-0.1, -0.05) is 26.0 Å². The second-order valence-electron chi connectivity index (χ2n) is 7.98. The van der Waals surface area contributed by atoms with E-state index in [0.717, 1.165) is 17.2 Å². The Labute approximate surface area is 192 Å². The fraction of sp³-hybridized carbons (Fsp3) is 0.250. The van der Waals surface area contributed by atoms with Crippen LogP contribution in [0.5, 0.6) is 0 Å². The molecule has 0 bridgehead atoms. The normalized spacial score (nSPS) is 11.9. The molecule has 0 aliphatic heterocycles. The van der Waals surface area contributed by atoms with E-state index in [1.54, 1.807) is 24.5 Å². The molecule has 168 valence electrons. The van der Waals surface area contributed by atoms with Crippen molar-refractivity contribution < 1.29 is 4.79 Å². The van der Waals surface area contributed by atoms with E-state index in [-0.39, 0.29) is 17.9 Å². The summed E-state index contributed by atoms with van der Waals surface area (Å²) in [4.78, 5) is 25.5. The Hall–Kier alpha value is -4.14. The summed E-state index contributed by atoms with van der Waals surface area (Å²) in [6.45, 7) is 4.57. The third kappa shape index (κ3) is 5.20. The second kappa shape index (κ2) is 9.99. The van der Waals surface area contributed by atoms with E-state index in [0.29, 0.717) is 23.6 Å². The summed E-state index contributed by atoms with van der Waals surface area (Å²) in [5.41, 5.74) is 2.93. The largest absolute Gasteiger partial charge is 0.378 e. The van der Waals surface area contributed by atoms with Crippen LogP contribution >= 0.6 is 0 Å². The Bertz CT molecular complexity index is 1210. The number of carbonyl (C=O) groups excluding carboxylic acids is 1. The number of hydrogen-bond acceptors (Lipinski definition) is 7. The lowest BCUT2D eigenvalue weighted by molar-refractivity contribution is 0.0924. The molecule has 1 amide bonds. The summed E-state index contributed by atoms with van der Waals surface area (Å²) >= 11 is 0. The van der Waals surface area contributed by atoms with Gasteiger partial charge in [-0.25, -0.2) is 9.97 Å². The van der Waals surface area contributed by atoms with Crippen LogP contribution in [0.2, 0.25) is 0 Å². The Balaban J connectivity index is 1.44. The summed E-state index contributed by atoms with van der Waals surface area (Å²) in [7, 11) is 1.89. The third-order valence-corrected chi connectivity index (χ3v) is 5.31. The fourth-order valence-electron chi connectivity index (χ4n) is 3.48. The number of aromatic nitrogens is 6. The van der Waals surface area contributed by atoms with E-state index >= 15 is 0 Å². The van der Waals surface area contributed by atoms with Crippen molar-refractivity contribution in [2.75, 3.05) is 5.32 Å². The van der Waals surface area contributed by atoms with Crippen LogP contribution in [0.3, 0.4) is 0 Å². The van der Waals surface area contributed by atoms with Crippen LogP contribution in [0, 0.1) is 5.92 Å². The molecule has 3 heterocycles. The molecule has 9 nitrogen and oxygen atoms in total. The fourth-order valence-corrected chi connectivity index (χ4v) is 3.48. The molecule has 0 aliphatic carbocycles. The van der Waals surface area contributed by atoms with E-state index in [1.807, 2.05) is 48.0 Å². The van der Waals surface area contributed by atoms with Crippen molar-refractivity contribution >= 4 is 11.6 Å². The lowest BCUT2D eigenvalue weighted by atomic mass is 9.99. The zero-order valence-electron chi connectivity index (χ0n) is 18.8. The van der Waals surface area contributed by atoms with Crippen molar-refractivity contribution in [2.45, 2.75) is 26.4 Å². The summed E-state index contributed by atoms with van der Waals surface area (Å²) in [6, 6.07) is 14.7. The molecular weight excluding hydrogens is 416 g/mol. The number of hydrogen-bond donors (Lipinski definition) is 2. The lowest BCUT2D eigenvalue weighted by Crippen LogP contribution is -2.32. The van der Waals surface area contributed by atoms with Crippen molar-refractivity contribution in [3.05, 3.63) is 84.3 Å². The molecule has 4 aromatic rings. The number of carbonyl (C=O) groups is 1. The lowest BCUT2D eigenvalue weighted by Gasteiger charge is -2.22. The number of anilines is 1. The summed E-state index contributed by atoms with van der Waals surface area (Å²) in [5.74, 6) is 1.46. The maximum absolute atomic E-state index is 13.0. The molecule has 0 spiro atoms. The van der Waals surface area contributed by atoms with Crippen LogP contribution in [0.4, 0.5) is 5.69 Å². The van der Waals surface area contributed by atoms with Crippen LogP contribution in [0.1, 0.15) is 41.8 Å². The van der Waals surface area contributed by atoms with Crippen LogP contribution in [-0.2, 0) is 13.6 Å². The van der Waals surface area contributed by atoms with Crippen molar-refractivity contribution in [3.63, 3.8) is 0 Å². The van der Waals surface area contributed by atoms with E-state index in [2.05, 4.69) is 49.6 Å². The number of benzene rings is 1. The first kappa shape index (κ1) is 22.1. The Morgan fingerprint density at radius 3 is 2.64 bits per heavy atom. The minimum Gasteiger partial charge on any atom is -0.378 e. The molecule has 1 aromatic carbocycles. The highest BCUT2D eigenvalue weighted by Gasteiger charge is 2.20. The van der Waals surface area contributed by atoms with Gasteiger partial charge in [0, 0.05) is 30.7 Å². The molecule has 33 heavy (non-hydrogen) atoms. The van der Waals surface area contributed by atoms with Gasteiger partial charge >= 0.3 is 0 Å². The number of pyridine rings is 1. The Kier molecular flexibility index (Phi) is 6.68. The third-order valence-electron chi connectivity index (χ3n) is 5.31. The van der Waals surface area contributed by atoms with Gasteiger partial charge in [-0.05, 0) is 42.3 Å². The van der Waals surface area contributed by atoms with Crippen LogP contribution in [0.15, 0.2) is 67.3 Å². The van der Waals surface area contributed by atoms with E-state index in [9.17, 15) is 4.79 Å². The average Bonchev–Trinajstić information content (AvgIpc) is 3.22. The Morgan fingerprint density at radius 2 is 1.91 bits per heavy atom. The van der Waals surface area contributed by atoms with Crippen LogP contribution < -0.4 is 10.6 Å². The summed E-state index contributed by atoms with van der Waals surface area (Å²) < 4.78 is 1.88. The molecule has 0 saturated heterocycles. The average molecular weight is 443 g/mol. The molecule has 3 aromatic heterocycles. The van der Waals surface area contributed by atoms with E-state index in [1.165, 1.54) is 6.33 Å². The standard InChI is InChI=1S/C24H26N8O/c1-16(2)22(19-9-4-5-11-26-19)29-24(33)17-7-6-8-18(13-17)27-14-21-30-31-23(32(21)3)20-10-12-25-15-28-20/h4-13,15-16,22,27H,14H2,1-3H3,(H,29,33). The summed E-state index contributed by atoms with van der Waals surface area (Å²) in [5, 5.41) is 14.9. The predicted molar refractivity (Wildman–Crippen MR) is 125 cm³/mol. The van der Waals surface area contributed by atoms with Gasteiger partial charge in [0.1, 0.15) is 12.0 Å². The highest BCUT2D eigenvalue weighted by molar-refractivity contribution is 5.95. The molecule has 2 N–H and O–H groups in total. The van der Waals surface area contributed by atoms with Gasteiger partial charge < -0.3 is 15.2 Å². The number of amides is 1. The molecular formula is C24H26N8O. The minimum absolute atomic E-state index is 0.146. The van der Waals surface area contributed by atoms with Crippen LogP contribution in [0.25, 0.3) is 11.5 Å². The van der Waals surface area contributed by atoms with Crippen molar-refractivity contribution in [2.24, 2.45) is 13.0 Å². The highest BCUT2D eigenvalue weighted by Crippen LogP contribution is 2.21. The van der Waals surface area contributed by atoms with Gasteiger partial charge in [0.2, 0.25) is 0 Å². The molecule has 9 heteroatoms. The molecule has 1 unspecified atom stereocenters. The SMILES string of the molecule is CC(C)C(NC(=O)c1cccc(NCc2nnc(-c3ccncn3)n2C)c1)c1ccccn1. The first-order chi connectivity index (χ1) is 16.0. The zero-order valence-corrected chi connectivity index (χ0v) is 18.8. The van der Waals surface area contributed by atoms with Gasteiger partial charge in [0.15, 0.2) is 11.6 Å². The quantitative estimate of drug-likeness (QED) is 0.430. The van der Waals surface area contributed by atoms with E-state index < -0.39 is 0 Å². The predicted octanol–water partition coefficient (Wildman–Crippen LogP) is 3.41. The van der Waals surface area contributed by atoms with Crippen molar-refractivity contribution in [1.29, 1.82) is 0 Å². The first-order valence-corrected chi connectivity index (χ1v) is 10.7. The Morgan fingerprint density at radius 1 is 1.03 bits per heavy atom. The smallest absolute Gasteiger partial charge is 0.251 e. The maximum Gasteiger partial charge on any atom is 0.251 e. The van der Waals surface area contributed by atoms with Gasteiger partial charge in [0.25, 0.3) is 5.91 Å². The first-order valence-electron chi connectivity index (χ1n) is 10.7. The zero-order chi connectivity index (χ0) is 23.2. The minimum atomic E-state index is -0.172. The van der Waals surface area contributed by atoms with Gasteiger partial charge in [-0.3, -0.25) is 9.78 Å². The molecule has 0 saturated carbocycles. The monoisotopic (exact) mass is 442 g/mol. The summed E-state index contributed by atoms with van der Waals surface area (Å²) in [6.07, 6.45) is 4.89. The highest BCUT2D eigenvalue weighted by atomic mass is 16.1. The maximum atomic E-state index is 13.0.